The number of nitrogens with zero attached hydrogens (tertiary/aromatic N) is 3. The van der Waals surface area contributed by atoms with E-state index >= 15 is 0 Å². The monoisotopic (exact) mass is 476 g/mol. The molecule has 0 saturated heterocycles. The molecule has 10 heteroatoms. The number of amides is 1. The van der Waals surface area contributed by atoms with Gasteiger partial charge in [-0.15, -0.1) is 11.3 Å². The number of rotatable bonds is 6. The molecule has 0 bridgehead atoms. The van der Waals surface area contributed by atoms with Gasteiger partial charge in [-0.25, -0.2) is 4.98 Å². The largest absolute Gasteiger partial charge is 0.497 e. The molecule has 1 amide bonds. The first-order chi connectivity index (χ1) is 16.0. The SMILES string of the molecule is COc1ccc(-c2n[nH]c(=S)n2CC(=O)Nc2nc(-c3c(C)[nH]c4ccccc34)cs2)cc1. The van der Waals surface area contributed by atoms with Gasteiger partial charge in [0.25, 0.3) is 0 Å². The molecular weight excluding hydrogens is 456 g/mol. The van der Waals surface area contributed by atoms with E-state index < -0.39 is 0 Å². The number of hydrogen-bond donors (Lipinski definition) is 3. The van der Waals surface area contributed by atoms with Gasteiger partial charge in [-0.2, -0.15) is 5.10 Å². The van der Waals surface area contributed by atoms with Crippen LogP contribution in [-0.4, -0.2) is 37.7 Å². The van der Waals surface area contributed by atoms with Gasteiger partial charge in [0, 0.05) is 33.1 Å². The van der Waals surface area contributed by atoms with E-state index in [0.29, 0.717) is 15.7 Å². The summed E-state index contributed by atoms with van der Waals surface area (Å²) in [5, 5.41) is 13.5. The molecule has 0 aliphatic rings. The van der Waals surface area contributed by atoms with Crippen LogP contribution in [0.2, 0.25) is 0 Å². The molecule has 5 aromatic rings. The fraction of sp³-hybridized carbons (Fsp3) is 0.130. The van der Waals surface area contributed by atoms with Gasteiger partial charge in [-0.1, -0.05) is 18.2 Å². The van der Waals surface area contributed by atoms with Crippen molar-refractivity contribution in [3.05, 3.63) is 64.4 Å². The number of thiazole rings is 1. The maximum Gasteiger partial charge on any atom is 0.246 e. The number of benzene rings is 2. The van der Waals surface area contributed by atoms with Gasteiger partial charge in [0.2, 0.25) is 5.91 Å². The van der Waals surface area contributed by atoms with Crippen molar-refractivity contribution in [2.24, 2.45) is 0 Å². The van der Waals surface area contributed by atoms with Crippen molar-refractivity contribution < 1.29 is 9.53 Å². The summed E-state index contributed by atoms with van der Waals surface area (Å²) in [6.07, 6.45) is 0. The van der Waals surface area contributed by atoms with Crippen LogP contribution >= 0.6 is 23.6 Å². The van der Waals surface area contributed by atoms with Crippen molar-refractivity contribution in [2.45, 2.75) is 13.5 Å². The molecule has 8 nitrogen and oxygen atoms in total. The second-order valence-electron chi connectivity index (χ2n) is 7.42. The highest BCUT2D eigenvalue weighted by molar-refractivity contribution is 7.71. The van der Waals surface area contributed by atoms with Crippen LogP contribution in [0.1, 0.15) is 5.69 Å². The smallest absolute Gasteiger partial charge is 0.246 e. The number of aromatic amines is 2. The number of hydrogen-bond acceptors (Lipinski definition) is 6. The Hall–Kier alpha value is -3.76. The minimum absolute atomic E-state index is 0.0116. The zero-order valence-electron chi connectivity index (χ0n) is 17.9. The average Bonchev–Trinajstić information content (AvgIpc) is 3.51. The molecule has 3 N–H and O–H groups in total. The van der Waals surface area contributed by atoms with E-state index in [1.165, 1.54) is 11.3 Å². The number of anilines is 1. The van der Waals surface area contributed by atoms with E-state index in [4.69, 9.17) is 17.0 Å². The molecular formula is C23H20N6O2S2. The van der Waals surface area contributed by atoms with Gasteiger partial charge >= 0.3 is 0 Å². The third-order valence-electron chi connectivity index (χ3n) is 5.31. The van der Waals surface area contributed by atoms with E-state index in [1.54, 1.807) is 11.7 Å². The Bertz CT molecular complexity index is 1510. The van der Waals surface area contributed by atoms with Gasteiger partial charge in [0.1, 0.15) is 12.3 Å². The number of carbonyl (C=O) groups is 1. The molecule has 3 heterocycles. The first-order valence-corrected chi connectivity index (χ1v) is 11.4. The van der Waals surface area contributed by atoms with Crippen LogP contribution in [-0.2, 0) is 11.3 Å². The van der Waals surface area contributed by atoms with Crippen molar-refractivity contribution in [1.82, 2.24) is 24.7 Å². The van der Waals surface area contributed by atoms with Gasteiger partial charge in [-0.3, -0.25) is 14.5 Å². The summed E-state index contributed by atoms with van der Waals surface area (Å²) in [6, 6.07) is 15.5. The number of aromatic nitrogens is 5. The number of H-pyrrole nitrogens is 2. The zero-order chi connectivity index (χ0) is 22.9. The van der Waals surface area contributed by atoms with Crippen molar-refractivity contribution in [3.8, 4) is 28.4 Å². The summed E-state index contributed by atoms with van der Waals surface area (Å²) in [6.45, 7) is 2.03. The molecule has 3 aromatic heterocycles. The van der Waals surface area contributed by atoms with Crippen LogP contribution in [0.4, 0.5) is 5.13 Å². The van der Waals surface area contributed by atoms with Crippen molar-refractivity contribution in [3.63, 3.8) is 0 Å². The Morgan fingerprint density at radius 3 is 2.79 bits per heavy atom. The van der Waals surface area contributed by atoms with E-state index in [0.717, 1.165) is 39.2 Å². The van der Waals surface area contributed by atoms with E-state index in [1.807, 2.05) is 54.8 Å². The summed E-state index contributed by atoms with van der Waals surface area (Å²) in [4.78, 5) is 20.8. The molecule has 0 aliphatic carbocycles. The van der Waals surface area contributed by atoms with Crippen LogP contribution in [0.15, 0.2) is 53.9 Å². The average molecular weight is 477 g/mol. The normalized spacial score (nSPS) is 11.1. The van der Waals surface area contributed by atoms with E-state index in [2.05, 4.69) is 31.5 Å². The first kappa shape index (κ1) is 21.1. The third-order valence-corrected chi connectivity index (χ3v) is 6.38. The van der Waals surface area contributed by atoms with Gasteiger partial charge in [0.15, 0.2) is 15.7 Å². The quantitative estimate of drug-likeness (QED) is 0.294. The number of carbonyl (C=O) groups excluding carboxylic acids is 1. The van der Waals surface area contributed by atoms with Crippen molar-refractivity contribution in [1.29, 1.82) is 0 Å². The lowest BCUT2D eigenvalue weighted by molar-refractivity contribution is -0.116. The van der Waals surface area contributed by atoms with E-state index in [9.17, 15) is 4.79 Å². The van der Waals surface area contributed by atoms with Crippen LogP contribution in [0.5, 0.6) is 5.75 Å². The lowest BCUT2D eigenvalue weighted by Gasteiger charge is -2.07. The predicted octanol–water partition coefficient (Wildman–Crippen LogP) is 5.17. The van der Waals surface area contributed by atoms with Crippen molar-refractivity contribution in [2.75, 3.05) is 12.4 Å². The van der Waals surface area contributed by atoms with Gasteiger partial charge < -0.3 is 15.0 Å². The molecule has 0 saturated carbocycles. The van der Waals surface area contributed by atoms with Crippen molar-refractivity contribution >= 4 is 45.5 Å². The van der Waals surface area contributed by atoms with Crippen LogP contribution < -0.4 is 10.1 Å². The Morgan fingerprint density at radius 2 is 2.00 bits per heavy atom. The minimum atomic E-state index is -0.237. The standard InChI is InChI=1S/C23H20N6O2S2/c1-13-20(16-5-3-4-6-17(16)24-13)18-12-33-22(25-18)26-19(30)11-29-21(27-28-23(29)32)14-7-9-15(31-2)10-8-14/h3-10,12,24H,11H2,1-2H3,(H,28,32)(H,25,26,30). The predicted molar refractivity (Wildman–Crippen MR) is 132 cm³/mol. The Kier molecular flexibility index (Phi) is 5.53. The molecule has 0 fully saturated rings. The van der Waals surface area contributed by atoms with Crippen LogP contribution in [0.25, 0.3) is 33.5 Å². The topological polar surface area (TPSA) is 101 Å². The summed E-state index contributed by atoms with van der Waals surface area (Å²) in [5.74, 6) is 1.08. The minimum Gasteiger partial charge on any atom is -0.497 e. The fourth-order valence-corrected chi connectivity index (χ4v) is 4.69. The van der Waals surface area contributed by atoms with Crippen LogP contribution in [0, 0.1) is 11.7 Å². The molecule has 166 valence electrons. The van der Waals surface area contributed by atoms with E-state index in [-0.39, 0.29) is 12.5 Å². The van der Waals surface area contributed by atoms with Gasteiger partial charge in [0.05, 0.1) is 12.8 Å². The number of nitrogens with one attached hydrogen (secondary N) is 3. The molecule has 0 atom stereocenters. The highest BCUT2D eigenvalue weighted by Gasteiger charge is 2.16. The van der Waals surface area contributed by atoms with Gasteiger partial charge in [-0.05, 0) is 49.5 Å². The second-order valence-corrected chi connectivity index (χ2v) is 8.67. The Morgan fingerprint density at radius 1 is 1.21 bits per heavy atom. The first-order valence-electron chi connectivity index (χ1n) is 10.2. The highest BCUT2D eigenvalue weighted by atomic mass is 32.1. The number of fused-ring (bicyclic) bond motifs is 1. The summed E-state index contributed by atoms with van der Waals surface area (Å²) >= 11 is 6.73. The maximum atomic E-state index is 12.8. The zero-order valence-corrected chi connectivity index (χ0v) is 19.5. The molecule has 33 heavy (non-hydrogen) atoms. The molecule has 0 spiro atoms. The summed E-state index contributed by atoms with van der Waals surface area (Å²) < 4.78 is 7.23. The maximum absolute atomic E-state index is 12.8. The molecule has 0 radical (unpaired) electrons. The Balaban J connectivity index is 1.36. The second kappa shape index (κ2) is 8.64. The van der Waals surface area contributed by atoms with Crippen LogP contribution in [0.3, 0.4) is 0 Å². The number of para-hydroxylation sites is 1. The number of aryl methyl sites for hydroxylation is 1. The lowest BCUT2D eigenvalue weighted by atomic mass is 10.1. The lowest BCUT2D eigenvalue weighted by Crippen LogP contribution is -2.19. The fourth-order valence-electron chi connectivity index (χ4n) is 3.78. The summed E-state index contributed by atoms with van der Waals surface area (Å²) in [5.41, 5.74) is 4.78. The molecule has 5 rings (SSSR count). The summed E-state index contributed by atoms with van der Waals surface area (Å²) in [7, 11) is 1.61. The third kappa shape index (κ3) is 4.06. The number of ether oxygens (including phenoxy) is 1. The highest BCUT2D eigenvalue weighted by Crippen LogP contribution is 2.33. The number of methoxy groups -OCH3 is 1. The molecule has 2 aromatic carbocycles. The molecule has 0 aliphatic heterocycles. The molecule has 0 unspecified atom stereocenters. The Labute approximate surface area is 198 Å².